The SMILES string of the molecule is CCOn1p(OCC)n[p+](OCC)n(OCC)p1OCC. The molecular formula is C10H25N3O5P3+. The van der Waals surface area contributed by atoms with Gasteiger partial charge in [-0.2, -0.15) is 0 Å². The molecule has 0 amide bonds. The maximum atomic E-state index is 5.85. The Morgan fingerprint density at radius 1 is 0.857 bits per heavy atom. The Kier molecular flexibility index (Phi) is 9.81. The van der Waals surface area contributed by atoms with Gasteiger partial charge < -0.3 is 0 Å². The van der Waals surface area contributed by atoms with E-state index in [1.54, 1.807) is 8.51 Å². The lowest BCUT2D eigenvalue weighted by atomic mass is 10.9. The second-order valence-electron chi connectivity index (χ2n) is 3.44. The molecule has 0 aliphatic rings. The van der Waals surface area contributed by atoms with E-state index in [1.807, 2.05) is 34.6 Å². The Bertz CT molecular complexity index is 418. The molecule has 1 aromatic rings. The number of hydrogen-bond donors (Lipinski definition) is 0. The highest BCUT2D eigenvalue weighted by Crippen LogP contribution is 2.40. The fraction of sp³-hybridized carbons (Fsp3) is 1.00. The molecule has 1 rings (SSSR count). The second kappa shape index (κ2) is 10.8. The van der Waals surface area contributed by atoms with Gasteiger partial charge in [0.1, 0.15) is 0 Å². The van der Waals surface area contributed by atoms with Crippen LogP contribution in [0, 0.1) is 0 Å². The molecule has 0 aliphatic heterocycles. The first kappa shape index (κ1) is 19.1. The first-order valence-corrected chi connectivity index (χ1v) is 10.6. The second-order valence-corrected chi connectivity index (χ2v) is 8.53. The average molecular weight is 360 g/mol. The maximum Gasteiger partial charge on any atom is 0.359 e. The molecule has 0 radical (unpaired) electrons. The molecule has 0 spiro atoms. The zero-order valence-electron chi connectivity index (χ0n) is 13.3. The predicted octanol–water partition coefficient (Wildman–Crippen LogP) is 2.29. The topological polar surface area (TPSA) is 68.9 Å². The van der Waals surface area contributed by atoms with Crippen molar-refractivity contribution in [1.82, 2.24) is 13.0 Å². The van der Waals surface area contributed by atoms with Crippen LogP contribution in [0.1, 0.15) is 34.6 Å². The van der Waals surface area contributed by atoms with Crippen molar-refractivity contribution in [2.24, 2.45) is 0 Å². The summed E-state index contributed by atoms with van der Waals surface area (Å²) < 4.78 is 25.3. The molecule has 8 nitrogen and oxygen atoms in total. The summed E-state index contributed by atoms with van der Waals surface area (Å²) in [5, 5.41) is 0. The van der Waals surface area contributed by atoms with Gasteiger partial charge in [-0.1, -0.05) is 0 Å². The summed E-state index contributed by atoms with van der Waals surface area (Å²) in [6.45, 7) is 12.3. The van der Waals surface area contributed by atoms with Gasteiger partial charge in [-0.3, -0.25) is 0 Å². The lowest BCUT2D eigenvalue weighted by Gasteiger charge is -2.13. The highest BCUT2D eigenvalue weighted by atomic mass is 31.2. The van der Waals surface area contributed by atoms with E-state index in [0.717, 1.165) is 0 Å². The molecule has 2 unspecified atom stereocenters. The Hall–Kier alpha value is 0.1000. The van der Waals surface area contributed by atoms with Gasteiger partial charge in [0, 0.05) is 0 Å². The smallest absolute Gasteiger partial charge is 0.243 e. The molecule has 21 heavy (non-hydrogen) atoms. The third kappa shape index (κ3) is 5.34. The van der Waals surface area contributed by atoms with Crippen LogP contribution < -0.4 is 23.2 Å². The fourth-order valence-corrected chi connectivity index (χ4v) is 7.85. The number of hydrogen-bond acceptors (Lipinski definition) is 6. The molecule has 0 N–H and O–H groups in total. The largest absolute Gasteiger partial charge is 0.359 e. The lowest BCUT2D eigenvalue weighted by molar-refractivity contribution is 0.128. The molecule has 2 atom stereocenters. The number of aromatic nitrogens is 3. The minimum atomic E-state index is -1.28. The van der Waals surface area contributed by atoms with Crippen LogP contribution in [0.4, 0.5) is 0 Å². The Morgan fingerprint density at radius 3 is 2.05 bits per heavy atom. The molecule has 0 saturated heterocycles. The van der Waals surface area contributed by atoms with Crippen molar-refractivity contribution in [1.29, 1.82) is 0 Å². The molecule has 1 aromatic heterocycles. The van der Waals surface area contributed by atoms with E-state index in [4.69, 9.17) is 23.2 Å². The van der Waals surface area contributed by atoms with Gasteiger partial charge in [0.05, 0.1) is 33.0 Å². The van der Waals surface area contributed by atoms with Gasteiger partial charge in [-0.05, 0) is 47.6 Å². The van der Waals surface area contributed by atoms with Crippen LogP contribution in [-0.4, -0.2) is 46.1 Å². The summed E-state index contributed by atoms with van der Waals surface area (Å²) in [6.07, 6.45) is 0. The monoisotopic (exact) mass is 360 g/mol. The Balaban J connectivity index is 3.44. The van der Waals surface area contributed by atoms with Crippen molar-refractivity contribution in [2.45, 2.75) is 34.6 Å². The summed E-state index contributed by atoms with van der Waals surface area (Å²) in [5.74, 6) is 0. The number of rotatable bonds is 10. The van der Waals surface area contributed by atoms with Gasteiger partial charge in [0.25, 0.3) is 0 Å². The summed E-state index contributed by atoms with van der Waals surface area (Å²) in [5.41, 5.74) is 0. The minimum Gasteiger partial charge on any atom is -0.243 e. The van der Waals surface area contributed by atoms with Crippen LogP contribution in [0.5, 0.6) is 0 Å². The highest BCUT2D eigenvalue weighted by Gasteiger charge is 2.28. The van der Waals surface area contributed by atoms with Gasteiger partial charge in [0.15, 0.2) is 0 Å². The van der Waals surface area contributed by atoms with Crippen LogP contribution in [0.25, 0.3) is 0 Å². The molecule has 1 heterocycles. The van der Waals surface area contributed by atoms with Crippen LogP contribution in [0.15, 0.2) is 0 Å². The molecule has 11 heteroatoms. The van der Waals surface area contributed by atoms with Gasteiger partial charge >= 0.3 is 24.2 Å². The molecule has 0 bridgehead atoms. The molecule has 0 aliphatic carbocycles. The van der Waals surface area contributed by atoms with Crippen LogP contribution in [0.3, 0.4) is 0 Å². The Labute approximate surface area is 128 Å². The molecule has 0 saturated carbocycles. The molecule has 0 fully saturated rings. The lowest BCUT2D eigenvalue weighted by Crippen LogP contribution is -2.22. The van der Waals surface area contributed by atoms with E-state index in [0.29, 0.717) is 33.0 Å². The van der Waals surface area contributed by atoms with Crippen molar-refractivity contribution < 1.29 is 23.2 Å². The highest BCUT2D eigenvalue weighted by molar-refractivity contribution is 7.59. The third-order valence-electron chi connectivity index (χ3n) is 1.96. The van der Waals surface area contributed by atoms with E-state index in [-0.39, 0.29) is 0 Å². The van der Waals surface area contributed by atoms with Crippen LogP contribution >= 0.6 is 24.2 Å². The fourth-order valence-electron chi connectivity index (χ4n) is 1.35. The minimum absolute atomic E-state index is 0.514. The zero-order chi connectivity index (χ0) is 15.7. The third-order valence-corrected chi connectivity index (χ3v) is 8.12. The average Bonchev–Trinajstić information content (AvgIpc) is 2.47. The quantitative estimate of drug-likeness (QED) is 0.638. The summed E-state index contributed by atoms with van der Waals surface area (Å²) in [6, 6.07) is 0. The summed E-state index contributed by atoms with van der Waals surface area (Å²) in [7, 11) is -3.79. The van der Waals surface area contributed by atoms with Crippen molar-refractivity contribution in [3.05, 3.63) is 0 Å². The van der Waals surface area contributed by atoms with E-state index < -0.39 is 24.2 Å². The standard InChI is InChI=1S/C10H25N3O5P3/c1-6-14-12-19(16-8-3)11-20(17-9-4)13(15-7-2)21(12)18-10-5/h6-10H2,1-5H3/q+1. The molecule has 0 aromatic carbocycles. The maximum absolute atomic E-state index is 5.85. The van der Waals surface area contributed by atoms with Crippen molar-refractivity contribution in [2.75, 3.05) is 33.0 Å². The van der Waals surface area contributed by atoms with Gasteiger partial charge in [-0.15, -0.1) is 0 Å². The van der Waals surface area contributed by atoms with E-state index >= 15 is 0 Å². The predicted molar refractivity (Wildman–Crippen MR) is 86.0 cm³/mol. The number of nitrogens with zero attached hydrogens (tertiary/aromatic N) is 3. The van der Waals surface area contributed by atoms with E-state index in [1.165, 1.54) is 0 Å². The molecular weight excluding hydrogens is 335 g/mol. The summed E-state index contributed by atoms with van der Waals surface area (Å²) in [4.78, 5) is 11.4. The zero-order valence-corrected chi connectivity index (χ0v) is 15.9. The van der Waals surface area contributed by atoms with Crippen LogP contribution in [0.2, 0.25) is 0 Å². The van der Waals surface area contributed by atoms with E-state index in [2.05, 4.69) is 4.51 Å². The van der Waals surface area contributed by atoms with Crippen molar-refractivity contribution in [3.63, 3.8) is 0 Å². The van der Waals surface area contributed by atoms with Crippen molar-refractivity contribution >= 4 is 24.2 Å². The van der Waals surface area contributed by atoms with Gasteiger partial charge in [0.2, 0.25) is 0 Å². The first-order chi connectivity index (χ1) is 10.2. The Morgan fingerprint density at radius 2 is 1.52 bits per heavy atom. The summed E-state index contributed by atoms with van der Waals surface area (Å²) >= 11 is 0. The normalized spacial score (nSPS) is 13.7. The van der Waals surface area contributed by atoms with Crippen LogP contribution in [-0.2, 0) is 0 Å². The van der Waals surface area contributed by atoms with E-state index in [9.17, 15) is 0 Å². The van der Waals surface area contributed by atoms with Gasteiger partial charge in [-0.25, -0.2) is 23.2 Å². The van der Waals surface area contributed by atoms with Crippen molar-refractivity contribution in [3.8, 4) is 0 Å². The molecule has 124 valence electrons. The first-order valence-electron chi connectivity index (χ1n) is 7.09.